The third-order valence-electron chi connectivity index (χ3n) is 5.61. The molecule has 3 rings (SSSR count). The topological polar surface area (TPSA) is 18.5 Å². The van der Waals surface area contributed by atoms with Gasteiger partial charge in [-0.25, -0.2) is 0 Å². The normalized spacial score (nSPS) is 12.6. The van der Waals surface area contributed by atoms with Crippen molar-refractivity contribution in [2.75, 3.05) is 13.2 Å². The summed E-state index contributed by atoms with van der Waals surface area (Å²) in [7, 11) is 3.27. The summed E-state index contributed by atoms with van der Waals surface area (Å²) in [4.78, 5) is 0. The first-order valence-electron chi connectivity index (χ1n) is 11.9. The van der Waals surface area contributed by atoms with Gasteiger partial charge in [0.2, 0.25) is 0 Å². The Kier molecular flexibility index (Phi) is 10.1. The van der Waals surface area contributed by atoms with E-state index in [1.165, 1.54) is 73.2 Å². The first-order valence-corrected chi connectivity index (χ1v) is 13.5. The number of hydrogen-bond acceptors (Lipinski definition) is 2. The zero-order chi connectivity index (χ0) is 21.0. The van der Waals surface area contributed by atoms with Crippen LogP contribution >= 0.6 is 21.9 Å². The lowest BCUT2D eigenvalue weighted by Crippen LogP contribution is -2.04. The Morgan fingerprint density at radius 1 is 0.600 bits per heavy atom. The molecule has 0 saturated heterocycles. The molecule has 0 aliphatic carbocycles. The van der Waals surface area contributed by atoms with Crippen molar-refractivity contribution >= 4 is 44.1 Å². The van der Waals surface area contributed by atoms with Gasteiger partial charge in [0.05, 0.1) is 22.2 Å². The van der Waals surface area contributed by atoms with E-state index < -0.39 is 0 Å². The Labute approximate surface area is 189 Å². The Balaban J connectivity index is 1.61. The SMILES string of the molecule is CCCCCCCCOc1c2c(c(OCCCCCCCC)c3c1=S=C=C3)=S=C=C2. The van der Waals surface area contributed by atoms with Crippen molar-refractivity contribution < 1.29 is 9.47 Å². The summed E-state index contributed by atoms with van der Waals surface area (Å²) in [6.45, 7) is 6.08. The van der Waals surface area contributed by atoms with Crippen molar-refractivity contribution in [2.24, 2.45) is 0 Å². The molecule has 1 aromatic carbocycles. The molecular weight excluding hydrogens is 408 g/mol. The van der Waals surface area contributed by atoms with Gasteiger partial charge >= 0.3 is 0 Å². The van der Waals surface area contributed by atoms with Gasteiger partial charge in [-0.15, -0.1) is 0 Å². The second kappa shape index (κ2) is 13.1. The Hall–Kier alpha value is -1.44. The van der Waals surface area contributed by atoms with Crippen LogP contribution in [0.4, 0.5) is 0 Å². The van der Waals surface area contributed by atoms with Crippen LogP contribution in [0.3, 0.4) is 0 Å². The van der Waals surface area contributed by atoms with E-state index in [0.29, 0.717) is 0 Å². The first-order chi connectivity index (χ1) is 14.9. The molecule has 2 nitrogen and oxygen atoms in total. The van der Waals surface area contributed by atoms with Crippen LogP contribution in [0.25, 0.3) is 12.2 Å². The van der Waals surface area contributed by atoms with Gasteiger partial charge in [0.15, 0.2) is 0 Å². The molecular formula is C26H36O2S2. The Morgan fingerprint density at radius 3 is 1.43 bits per heavy atom. The minimum atomic E-state index is 0.780. The first kappa shape index (κ1) is 23.2. The van der Waals surface area contributed by atoms with Gasteiger partial charge in [-0.3, -0.25) is 0 Å². The molecule has 0 saturated carbocycles. The van der Waals surface area contributed by atoms with Crippen LogP contribution in [0.5, 0.6) is 11.5 Å². The van der Waals surface area contributed by atoms with Crippen molar-refractivity contribution in [1.82, 2.24) is 0 Å². The highest BCUT2D eigenvalue weighted by atomic mass is 32.1. The van der Waals surface area contributed by atoms with Gasteiger partial charge in [-0.1, -0.05) is 110 Å². The average molecular weight is 445 g/mol. The van der Waals surface area contributed by atoms with E-state index in [4.69, 9.17) is 9.47 Å². The quantitative estimate of drug-likeness (QED) is 0.165. The molecule has 4 heteroatoms. The van der Waals surface area contributed by atoms with Gasteiger partial charge in [0.1, 0.15) is 11.5 Å². The monoisotopic (exact) mass is 444 g/mol. The van der Waals surface area contributed by atoms with E-state index in [0.717, 1.165) is 48.7 Å². The second-order valence-corrected chi connectivity index (χ2v) is 9.80. The molecule has 0 atom stereocenters. The molecule has 1 aromatic rings. The molecule has 0 fully saturated rings. The van der Waals surface area contributed by atoms with Crippen molar-refractivity contribution in [1.29, 1.82) is 0 Å². The van der Waals surface area contributed by atoms with Gasteiger partial charge in [-0.2, -0.15) is 0 Å². The van der Waals surface area contributed by atoms with E-state index in [9.17, 15) is 0 Å². The summed E-state index contributed by atoms with van der Waals surface area (Å²) in [5, 5.41) is 6.62. The molecule has 2 aliphatic rings. The summed E-state index contributed by atoms with van der Waals surface area (Å²) >= 11 is 0. The van der Waals surface area contributed by atoms with E-state index in [1.807, 2.05) is 0 Å². The summed E-state index contributed by atoms with van der Waals surface area (Å²) in [5.74, 6) is 2.01. The van der Waals surface area contributed by atoms with Crippen LogP contribution in [0.15, 0.2) is 0 Å². The smallest absolute Gasteiger partial charge is 0.147 e. The third-order valence-corrected chi connectivity index (χ3v) is 7.30. The molecule has 2 aliphatic heterocycles. The van der Waals surface area contributed by atoms with E-state index >= 15 is 0 Å². The number of benzene rings is 1. The van der Waals surface area contributed by atoms with Crippen molar-refractivity contribution in [3.05, 3.63) is 20.1 Å². The average Bonchev–Trinajstić information content (AvgIpc) is 3.43. The summed E-state index contributed by atoms with van der Waals surface area (Å²) in [5.41, 5.74) is 2.29. The minimum Gasteiger partial charge on any atom is -0.491 e. The Morgan fingerprint density at radius 2 is 1.00 bits per heavy atom. The van der Waals surface area contributed by atoms with Gasteiger partial charge in [0, 0.05) is 23.3 Å². The highest BCUT2D eigenvalue weighted by Crippen LogP contribution is 2.38. The zero-order valence-electron chi connectivity index (χ0n) is 18.7. The van der Waals surface area contributed by atoms with Crippen molar-refractivity contribution in [2.45, 2.75) is 90.9 Å². The van der Waals surface area contributed by atoms with Gasteiger partial charge in [0.25, 0.3) is 0 Å². The highest BCUT2D eigenvalue weighted by Gasteiger charge is 2.20. The van der Waals surface area contributed by atoms with Gasteiger partial charge in [-0.05, 0) is 12.8 Å². The molecule has 0 radical (unpaired) electrons. The molecule has 2 heterocycles. The standard InChI is InChI=1S/C26H36O2S2/c1-3-5-7-9-11-13-17-27-23-21-15-19-30-26(21)24(22-16-20-29-25(22)23)28-18-14-12-10-8-6-4-2/h15-16H,3-14,17-18H2,1-2H3. The summed E-state index contributed by atoms with van der Waals surface area (Å²) < 4.78 is 15.0. The number of hydrogen-bond donors (Lipinski definition) is 0. The Bertz CT molecular complexity index is 903. The number of fused-ring (bicyclic) bond motifs is 2. The lowest BCUT2D eigenvalue weighted by atomic mass is 10.1. The molecule has 0 amide bonds. The van der Waals surface area contributed by atoms with E-state index in [-0.39, 0.29) is 0 Å². The lowest BCUT2D eigenvalue weighted by Gasteiger charge is -2.14. The van der Waals surface area contributed by atoms with Crippen LogP contribution in [0.2, 0.25) is 0 Å². The maximum absolute atomic E-state index is 6.31. The van der Waals surface area contributed by atoms with E-state index in [1.54, 1.807) is 21.9 Å². The molecule has 30 heavy (non-hydrogen) atoms. The molecule has 0 N–H and O–H groups in total. The summed E-state index contributed by atoms with van der Waals surface area (Å²) in [6.07, 6.45) is 19.4. The van der Waals surface area contributed by atoms with Crippen molar-refractivity contribution in [3.8, 4) is 11.5 Å². The molecule has 0 unspecified atom stereocenters. The fourth-order valence-electron chi connectivity index (χ4n) is 3.85. The number of unbranched alkanes of at least 4 members (excludes halogenated alkanes) is 10. The predicted octanol–water partition coefficient (Wildman–Crippen LogP) is 7.99. The van der Waals surface area contributed by atoms with Crippen molar-refractivity contribution in [3.63, 3.8) is 0 Å². The van der Waals surface area contributed by atoms with Crippen LogP contribution < -0.4 is 9.47 Å². The zero-order valence-corrected chi connectivity index (χ0v) is 20.3. The van der Waals surface area contributed by atoms with Crippen LogP contribution in [-0.2, 0) is 0 Å². The largest absolute Gasteiger partial charge is 0.491 e. The fourth-order valence-corrected chi connectivity index (χ4v) is 5.49. The second-order valence-electron chi connectivity index (χ2n) is 8.10. The minimum absolute atomic E-state index is 0.780. The fraction of sp³-hybridized carbons (Fsp3) is 0.615. The predicted molar refractivity (Wildman–Crippen MR) is 136 cm³/mol. The third kappa shape index (κ3) is 6.28. The maximum atomic E-state index is 6.31. The number of ether oxygens (including phenoxy) is 2. The van der Waals surface area contributed by atoms with Crippen LogP contribution in [0.1, 0.15) is 102 Å². The van der Waals surface area contributed by atoms with Crippen LogP contribution in [0, 0.1) is 9.02 Å². The highest BCUT2D eigenvalue weighted by molar-refractivity contribution is 7.90. The number of rotatable bonds is 16. The maximum Gasteiger partial charge on any atom is 0.147 e. The molecule has 164 valence electrons. The van der Waals surface area contributed by atoms with Gasteiger partial charge < -0.3 is 9.47 Å². The molecule has 0 bridgehead atoms. The molecule has 0 aromatic heterocycles. The van der Waals surface area contributed by atoms with Crippen LogP contribution in [-0.4, -0.2) is 23.3 Å². The lowest BCUT2D eigenvalue weighted by molar-refractivity contribution is 0.293. The molecule has 0 spiro atoms. The summed E-state index contributed by atoms with van der Waals surface area (Å²) in [6, 6.07) is 0. The van der Waals surface area contributed by atoms with E-state index in [2.05, 4.69) is 36.0 Å².